The van der Waals surface area contributed by atoms with E-state index < -0.39 is 0 Å². The Kier molecular flexibility index (Phi) is 5.81. The van der Waals surface area contributed by atoms with Crippen LogP contribution in [0.4, 0.5) is 0 Å². The van der Waals surface area contributed by atoms with Crippen molar-refractivity contribution in [2.24, 2.45) is 5.73 Å². The molecule has 122 valence electrons. The van der Waals surface area contributed by atoms with E-state index in [1.807, 2.05) is 0 Å². The number of piperazine rings is 1. The van der Waals surface area contributed by atoms with E-state index in [1.165, 1.54) is 11.1 Å². The third-order valence-corrected chi connectivity index (χ3v) is 4.55. The fourth-order valence-corrected chi connectivity index (χ4v) is 3.28. The van der Waals surface area contributed by atoms with E-state index in [9.17, 15) is 0 Å². The molecule has 0 spiro atoms. The van der Waals surface area contributed by atoms with Crippen LogP contribution in [-0.4, -0.2) is 48.6 Å². The second-order valence-electron chi connectivity index (χ2n) is 6.51. The molecule has 1 atom stereocenters. The second-order valence-corrected chi connectivity index (χ2v) is 6.51. The lowest BCUT2D eigenvalue weighted by molar-refractivity contribution is 0.122. The molecule has 0 aliphatic carbocycles. The van der Waals surface area contributed by atoms with Crippen molar-refractivity contribution in [1.82, 2.24) is 9.80 Å². The molecule has 1 heterocycles. The van der Waals surface area contributed by atoms with Gasteiger partial charge >= 0.3 is 0 Å². The second kappa shape index (κ2) is 8.25. The first-order valence-electron chi connectivity index (χ1n) is 8.58. The molecule has 3 nitrogen and oxygen atoms in total. The Balaban J connectivity index is 1.40. The maximum absolute atomic E-state index is 6.34. The molecule has 2 N–H and O–H groups in total. The third kappa shape index (κ3) is 5.17. The molecule has 0 bridgehead atoms. The Bertz CT molecular complexity index is 562. The molecule has 3 heteroatoms. The van der Waals surface area contributed by atoms with Crippen LogP contribution in [0.5, 0.6) is 0 Å². The van der Waals surface area contributed by atoms with Gasteiger partial charge in [0.05, 0.1) is 0 Å². The summed E-state index contributed by atoms with van der Waals surface area (Å²) >= 11 is 0. The zero-order valence-corrected chi connectivity index (χ0v) is 13.8. The van der Waals surface area contributed by atoms with E-state index in [0.29, 0.717) is 0 Å². The fraction of sp³-hybridized carbons (Fsp3) is 0.400. The van der Waals surface area contributed by atoms with E-state index in [4.69, 9.17) is 5.73 Å². The maximum Gasteiger partial charge on any atom is 0.0234 e. The summed E-state index contributed by atoms with van der Waals surface area (Å²) in [4.78, 5) is 5.05. The Morgan fingerprint density at radius 2 is 1.26 bits per heavy atom. The number of hydrogen-bond donors (Lipinski definition) is 1. The van der Waals surface area contributed by atoms with E-state index in [-0.39, 0.29) is 6.04 Å². The Morgan fingerprint density at radius 3 is 1.87 bits per heavy atom. The van der Waals surface area contributed by atoms with Gasteiger partial charge in [0.1, 0.15) is 0 Å². The SMILES string of the molecule is N[C@H](Cc1ccccc1)CN1CCN(Cc2ccccc2)CC1. The Morgan fingerprint density at radius 1 is 0.739 bits per heavy atom. The van der Waals surface area contributed by atoms with Gasteiger partial charge in [-0.2, -0.15) is 0 Å². The molecule has 3 rings (SSSR count). The van der Waals surface area contributed by atoms with E-state index in [1.54, 1.807) is 0 Å². The first-order chi connectivity index (χ1) is 11.3. The van der Waals surface area contributed by atoms with Crippen molar-refractivity contribution in [3.05, 3.63) is 71.8 Å². The first-order valence-corrected chi connectivity index (χ1v) is 8.58. The normalized spacial score (nSPS) is 18.0. The topological polar surface area (TPSA) is 32.5 Å². The smallest absolute Gasteiger partial charge is 0.0234 e. The minimum absolute atomic E-state index is 0.220. The van der Waals surface area contributed by atoms with Crippen molar-refractivity contribution >= 4 is 0 Å². The van der Waals surface area contributed by atoms with Gasteiger partial charge in [-0.25, -0.2) is 0 Å². The van der Waals surface area contributed by atoms with Crippen LogP contribution in [0.15, 0.2) is 60.7 Å². The molecule has 1 fully saturated rings. The van der Waals surface area contributed by atoms with Gasteiger partial charge in [-0.3, -0.25) is 9.80 Å². The number of benzene rings is 2. The summed E-state index contributed by atoms with van der Waals surface area (Å²) in [5, 5.41) is 0. The maximum atomic E-state index is 6.34. The molecule has 0 unspecified atom stereocenters. The number of nitrogens with two attached hydrogens (primary N) is 1. The standard InChI is InChI=1S/C20H27N3/c21-20(15-18-7-3-1-4-8-18)17-23-13-11-22(12-14-23)16-19-9-5-2-6-10-19/h1-10,20H,11-17,21H2/t20-/m1/s1. The van der Waals surface area contributed by atoms with Gasteiger partial charge in [0, 0.05) is 45.3 Å². The molecule has 1 aliphatic heterocycles. The molecule has 23 heavy (non-hydrogen) atoms. The fourth-order valence-electron chi connectivity index (χ4n) is 3.28. The van der Waals surface area contributed by atoms with Gasteiger partial charge in [0.15, 0.2) is 0 Å². The largest absolute Gasteiger partial charge is 0.326 e. The van der Waals surface area contributed by atoms with Crippen molar-refractivity contribution in [3.8, 4) is 0 Å². The van der Waals surface area contributed by atoms with Crippen LogP contribution in [0.1, 0.15) is 11.1 Å². The van der Waals surface area contributed by atoms with Gasteiger partial charge < -0.3 is 5.73 Å². The number of hydrogen-bond acceptors (Lipinski definition) is 3. The molecule has 2 aromatic rings. The quantitative estimate of drug-likeness (QED) is 0.889. The highest BCUT2D eigenvalue weighted by atomic mass is 15.3. The predicted molar refractivity (Wildman–Crippen MR) is 96.3 cm³/mol. The highest BCUT2D eigenvalue weighted by Crippen LogP contribution is 2.09. The summed E-state index contributed by atoms with van der Waals surface area (Å²) in [6, 6.07) is 21.5. The van der Waals surface area contributed by atoms with Crippen molar-refractivity contribution in [3.63, 3.8) is 0 Å². The third-order valence-electron chi connectivity index (χ3n) is 4.55. The monoisotopic (exact) mass is 309 g/mol. The van der Waals surface area contributed by atoms with Crippen LogP contribution in [0.3, 0.4) is 0 Å². The average molecular weight is 309 g/mol. The molecular formula is C20H27N3. The van der Waals surface area contributed by atoms with Crippen LogP contribution in [0.25, 0.3) is 0 Å². The van der Waals surface area contributed by atoms with Crippen LogP contribution in [0.2, 0.25) is 0 Å². The Labute approximate surface area is 139 Å². The van der Waals surface area contributed by atoms with E-state index in [0.717, 1.165) is 45.7 Å². The molecule has 0 aromatic heterocycles. The van der Waals surface area contributed by atoms with Crippen molar-refractivity contribution in [1.29, 1.82) is 0 Å². The molecule has 0 radical (unpaired) electrons. The minimum atomic E-state index is 0.220. The highest BCUT2D eigenvalue weighted by Gasteiger charge is 2.18. The lowest BCUT2D eigenvalue weighted by Gasteiger charge is -2.36. The molecule has 0 saturated carbocycles. The summed E-state index contributed by atoms with van der Waals surface area (Å²) < 4.78 is 0. The first kappa shape index (κ1) is 16.2. The van der Waals surface area contributed by atoms with Crippen molar-refractivity contribution in [2.45, 2.75) is 19.0 Å². The van der Waals surface area contributed by atoms with Gasteiger partial charge in [0.2, 0.25) is 0 Å². The molecule has 1 aliphatic rings. The van der Waals surface area contributed by atoms with Gasteiger partial charge in [-0.1, -0.05) is 60.7 Å². The predicted octanol–water partition coefficient (Wildman–Crippen LogP) is 2.37. The van der Waals surface area contributed by atoms with Gasteiger partial charge in [-0.05, 0) is 17.5 Å². The van der Waals surface area contributed by atoms with Crippen LogP contribution < -0.4 is 5.73 Å². The summed E-state index contributed by atoms with van der Waals surface area (Å²) in [5.74, 6) is 0. The minimum Gasteiger partial charge on any atom is -0.326 e. The van der Waals surface area contributed by atoms with E-state index >= 15 is 0 Å². The number of rotatable bonds is 6. The lowest BCUT2D eigenvalue weighted by atomic mass is 10.1. The van der Waals surface area contributed by atoms with Crippen LogP contribution in [-0.2, 0) is 13.0 Å². The van der Waals surface area contributed by atoms with Crippen LogP contribution >= 0.6 is 0 Å². The van der Waals surface area contributed by atoms with Crippen LogP contribution in [0, 0.1) is 0 Å². The van der Waals surface area contributed by atoms with Crippen molar-refractivity contribution < 1.29 is 0 Å². The summed E-state index contributed by atoms with van der Waals surface area (Å²) in [7, 11) is 0. The van der Waals surface area contributed by atoms with E-state index in [2.05, 4.69) is 70.5 Å². The lowest BCUT2D eigenvalue weighted by Crippen LogP contribution is -2.49. The number of nitrogens with zero attached hydrogens (tertiary/aromatic N) is 2. The highest BCUT2D eigenvalue weighted by molar-refractivity contribution is 5.16. The summed E-state index contributed by atoms with van der Waals surface area (Å²) in [5.41, 5.74) is 9.08. The zero-order chi connectivity index (χ0) is 15.9. The molecule has 0 amide bonds. The zero-order valence-electron chi connectivity index (χ0n) is 13.8. The molecule has 2 aromatic carbocycles. The van der Waals surface area contributed by atoms with Gasteiger partial charge in [-0.15, -0.1) is 0 Å². The summed E-state index contributed by atoms with van der Waals surface area (Å²) in [6.45, 7) is 6.56. The molecular weight excluding hydrogens is 282 g/mol. The summed E-state index contributed by atoms with van der Waals surface area (Å²) in [6.07, 6.45) is 0.963. The van der Waals surface area contributed by atoms with Gasteiger partial charge in [0.25, 0.3) is 0 Å². The Hall–Kier alpha value is -1.68. The van der Waals surface area contributed by atoms with Crippen molar-refractivity contribution in [2.75, 3.05) is 32.7 Å². The average Bonchev–Trinajstić information content (AvgIpc) is 2.58. The molecule has 1 saturated heterocycles.